The van der Waals surface area contributed by atoms with Gasteiger partial charge in [0.2, 0.25) is 35.4 Å². The summed E-state index contributed by atoms with van der Waals surface area (Å²) in [5, 5.41) is 22.9. The minimum absolute atomic E-state index is 0.00767. The first kappa shape index (κ1) is 56.4. The number of amides is 1. The van der Waals surface area contributed by atoms with Crippen LogP contribution in [0.1, 0.15) is 6.42 Å². The van der Waals surface area contributed by atoms with Crippen LogP contribution < -0.4 is 35.2 Å². The van der Waals surface area contributed by atoms with Crippen molar-refractivity contribution < 1.29 is 45.5 Å². The molecule has 0 bridgehead atoms. The maximum atomic E-state index is 13.8. The number of nitro groups is 1. The summed E-state index contributed by atoms with van der Waals surface area (Å²) in [5.74, 6) is -1.82. The number of pyridine rings is 2. The number of ether oxygens (including phenoxy) is 2. The predicted octanol–water partition coefficient (Wildman–Crippen LogP) is 9.05. The summed E-state index contributed by atoms with van der Waals surface area (Å²) < 4.78 is 96.0. The van der Waals surface area contributed by atoms with Gasteiger partial charge in [-0.3, -0.25) is 14.9 Å². The highest BCUT2D eigenvalue weighted by Gasteiger charge is 2.33. The molecule has 0 aliphatic carbocycles. The van der Waals surface area contributed by atoms with E-state index in [-0.39, 0.29) is 66.6 Å². The molecule has 79 heavy (non-hydrogen) atoms. The number of fused-ring (bicyclic) bond motifs is 2. The highest BCUT2D eigenvalue weighted by molar-refractivity contribution is 5.97. The first-order valence-electron chi connectivity index (χ1n) is 24.5. The molecule has 27 heteroatoms. The van der Waals surface area contributed by atoms with E-state index < -0.39 is 53.8 Å². The van der Waals surface area contributed by atoms with Crippen LogP contribution in [0.5, 0.6) is 11.8 Å². The second-order valence-electron chi connectivity index (χ2n) is 18.8. The number of benzene rings is 2. The number of nitrogens with one attached hydrogen (secondary N) is 3. The van der Waals surface area contributed by atoms with Gasteiger partial charge in [-0.2, -0.15) is 36.3 Å². The maximum Gasteiger partial charge on any atom is 0.422 e. The largest absolute Gasteiger partial charge is 0.466 e. The first-order valence-corrected chi connectivity index (χ1v) is 24.5. The molecular weight excluding hydrogens is 1040 g/mol. The third-order valence-electron chi connectivity index (χ3n) is 12.4. The number of para-hydroxylation sites is 2. The molecule has 6 heterocycles. The van der Waals surface area contributed by atoms with Crippen molar-refractivity contribution in [2.45, 2.75) is 18.8 Å². The average Bonchev–Trinajstić information content (AvgIpc) is 3.94. The van der Waals surface area contributed by atoms with Gasteiger partial charge in [0.25, 0.3) is 0 Å². The molecule has 2 aromatic carbocycles. The fourth-order valence-electron chi connectivity index (χ4n) is 8.43. The topological polar surface area (TPSA) is 215 Å². The molecule has 0 aliphatic rings. The maximum absolute atomic E-state index is 13.8. The van der Waals surface area contributed by atoms with E-state index in [1.807, 2.05) is 103 Å². The Kier molecular flexibility index (Phi) is 17.0. The highest BCUT2D eigenvalue weighted by Crippen LogP contribution is 2.39. The summed E-state index contributed by atoms with van der Waals surface area (Å²) in [4.78, 5) is 58.8. The van der Waals surface area contributed by atoms with E-state index in [0.29, 0.717) is 24.5 Å². The number of anilines is 7. The fraction of sp³-hybridized carbons (Fsp3) is 0.327. The molecule has 0 fully saturated rings. The Morgan fingerprint density at radius 2 is 1.11 bits per heavy atom. The van der Waals surface area contributed by atoms with E-state index in [4.69, 9.17) is 9.47 Å². The molecule has 0 atom stereocenters. The zero-order valence-corrected chi connectivity index (χ0v) is 44.0. The van der Waals surface area contributed by atoms with Crippen LogP contribution >= 0.6 is 0 Å². The summed E-state index contributed by atoms with van der Waals surface area (Å²) in [5.41, 5.74) is 3.60. The fourth-order valence-corrected chi connectivity index (χ4v) is 8.43. The van der Waals surface area contributed by atoms with E-state index >= 15 is 0 Å². The number of alkyl halides is 6. The quantitative estimate of drug-likeness (QED) is 0.0309. The second kappa shape index (κ2) is 23.8. The lowest BCUT2D eigenvalue weighted by Gasteiger charge is -2.25. The molecule has 21 nitrogen and oxygen atoms in total. The molecule has 0 spiro atoms. The smallest absolute Gasteiger partial charge is 0.422 e. The number of hydrogen-bond donors (Lipinski definition) is 3. The highest BCUT2D eigenvalue weighted by atomic mass is 19.4. The Morgan fingerprint density at radius 3 is 1.62 bits per heavy atom. The van der Waals surface area contributed by atoms with E-state index in [1.165, 1.54) is 30.4 Å². The van der Waals surface area contributed by atoms with E-state index in [0.717, 1.165) is 39.0 Å². The molecule has 8 rings (SSSR count). The zero-order valence-electron chi connectivity index (χ0n) is 44.0. The number of hydrogen-bond acceptors (Lipinski definition) is 17. The first-order chi connectivity index (χ1) is 37.5. The predicted molar refractivity (Wildman–Crippen MR) is 289 cm³/mol. The standard InChI is InChI=1S/C52H56F6N16O5/c1-68(2)22-24-70(4)45-38(26-39(47(66-45)78-30-51(53,54)55)64-49-59-19-16-36(62-49)34-28-72(6)41-14-10-8-12-32(34)41)61-44(75)18-21-69(3)23-25-71(5)46-43(74(76)77)27-40(48(67-46)79-31-52(56,57)58)65-50-60-20-17-37(63-50)35-29-73(7)42-15-11-9-13-33(35)42/h8-17,19-20,26-29H,18,21-25,30-31H2,1-7H3,(H,61,75)(H,59,62,64)(H,60,63,65). The summed E-state index contributed by atoms with van der Waals surface area (Å²) in [6.07, 6.45) is -2.94. The molecule has 1 amide bonds. The van der Waals surface area contributed by atoms with Crippen LogP contribution in [-0.2, 0) is 18.9 Å². The molecule has 416 valence electrons. The normalized spacial score (nSPS) is 11.9. The minimum atomic E-state index is -4.79. The Labute approximate surface area is 449 Å². The molecule has 6 aromatic heterocycles. The summed E-state index contributed by atoms with van der Waals surface area (Å²) >= 11 is 0. The van der Waals surface area contributed by atoms with Gasteiger partial charge in [0.05, 0.1) is 22.0 Å². The zero-order chi connectivity index (χ0) is 56.8. The minimum Gasteiger partial charge on any atom is -0.466 e. The van der Waals surface area contributed by atoms with Crippen molar-refractivity contribution in [2.75, 3.05) is 107 Å². The van der Waals surface area contributed by atoms with Gasteiger partial charge in [-0.15, -0.1) is 0 Å². The van der Waals surface area contributed by atoms with E-state index in [1.54, 1.807) is 36.0 Å². The van der Waals surface area contributed by atoms with Crippen molar-refractivity contribution in [3.05, 3.63) is 108 Å². The average molecular weight is 1100 g/mol. The number of aromatic nitrogens is 8. The Bertz CT molecular complexity index is 3480. The molecule has 0 saturated heterocycles. The van der Waals surface area contributed by atoms with Gasteiger partial charge < -0.3 is 54.2 Å². The molecule has 0 radical (unpaired) electrons. The number of rotatable bonds is 23. The van der Waals surface area contributed by atoms with Crippen LogP contribution in [0.4, 0.5) is 72.6 Å². The van der Waals surface area contributed by atoms with Crippen LogP contribution in [0.25, 0.3) is 44.3 Å². The van der Waals surface area contributed by atoms with Gasteiger partial charge in [-0.05, 0) is 51.5 Å². The molecule has 0 saturated carbocycles. The van der Waals surface area contributed by atoms with Crippen molar-refractivity contribution in [1.29, 1.82) is 0 Å². The number of likely N-dealkylation sites (N-methyl/N-ethyl adjacent to an activating group) is 4. The Balaban J connectivity index is 0.991. The SMILES string of the molecule is CN(C)CCN(C)c1nc(OCC(F)(F)F)c(Nc2nccc(-c3cn(C)c4ccccc34)n2)cc1NC(=O)CCN(C)CCN(C)c1nc(OCC(F)(F)F)c(Nc2nccc(-c3cn(C)c4ccccc34)n2)cc1[N+](=O)[O-]. The van der Waals surface area contributed by atoms with Crippen molar-refractivity contribution in [2.24, 2.45) is 14.1 Å². The number of nitrogens with zero attached hydrogens (tertiary/aromatic N) is 13. The third kappa shape index (κ3) is 14.2. The third-order valence-corrected chi connectivity index (χ3v) is 12.4. The van der Waals surface area contributed by atoms with Gasteiger partial charge >= 0.3 is 18.0 Å². The van der Waals surface area contributed by atoms with E-state index in [2.05, 4.69) is 45.9 Å². The molecule has 0 unspecified atom stereocenters. The van der Waals surface area contributed by atoms with Crippen LogP contribution in [0.15, 0.2) is 97.6 Å². The lowest BCUT2D eigenvalue weighted by Crippen LogP contribution is -2.33. The van der Waals surface area contributed by atoms with Gasteiger partial charge in [0.15, 0.2) is 19.0 Å². The molecule has 8 aromatic rings. The van der Waals surface area contributed by atoms with Crippen molar-refractivity contribution in [3.8, 4) is 34.3 Å². The second-order valence-corrected chi connectivity index (χ2v) is 18.8. The Morgan fingerprint density at radius 1 is 0.633 bits per heavy atom. The van der Waals surface area contributed by atoms with Gasteiger partial charge in [-0.1, -0.05) is 36.4 Å². The lowest BCUT2D eigenvalue weighted by atomic mass is 10.1. The number of halogens is 6. The summed E-state index contributed by atoms with van der Waals surface area (Å²) in [6, 6.07) is 21.1. The van der Waals surface area contributed by atoms with Gasteiger partial charge in [-0.25, -0.2) is 19.9 Å². The Hall–Kier alpha value is -8.85. The van der Waals surface area contributed by atoms with Gasteiger partial charge in [0.1, 0.15) is 11.4 Å². The van der Waals surface area contributed by atoms with Gasteiger partial charge in [0, 0.05) is 131 Å². The molecule has 0 aliphatic heterocycles. The van der Waals surface area contributed by atoms with Crippen LogP contribution in [0.3, 0.4) is 0 Å². The molecular formula is C52H56F6N16O5. The van der Waals surface area contributed by atoms with Crippen molar-refractivity contribution in [1.82, 2.24) is 48.8 Å². The van der Waals surface area contributed by atoms with Crippen LogP contribution in [-0.4, -0.2) is 153 Å². The summed E-state index contributed by atoms with van der Waals surface area (Å²) in [6.45, 7) is -2.24. The monoisotopic (exact) mass is 1100 g/mol. The van der Waals surface area contributed by atoms with Crippen LogP contribution in [0, 0.1) is 10.1 Å². The molecule has 3 N–H and O–H groups in total. The number of carbonyl (C=O) groups excluding carboxylic acids is 1. The van der Waals surface area contributed by atoms with Crippen LogP contribution in [0.2, 0.25) is 0 Å². The number of aryl methyl sites for hydroxylation is 2. The summed E-state index contributed by atoms with van der Waals surface area (Å²) in [7, 11) is 12.3. The number of carbonyl (C=O) groups is 1. The van der Waals surface area contributed by atoms with E-state index in [9.17, 15) is 41.3 Å². The van der Waals surface area contributed by atoms with Crippen molar-refractivity contribution in [3.63, 3.8) is 0 Å². The lowest BCUT2D eigenvalue weighted by molar-refractivity contribution is -0.384. The van der Waals surface area contributed by atoms with Crippen molar-refractivity contribution >= 4 is 74.0 Å².